The lowest BCUT2D eigenvalue weighted by Crippen LogP contribution is -2.38. The summed E-state index contributed by atoms with van der Waals surface area (Å²) < 4.78 is 41.1. The highest BCUT2D eigenvalue weighted by Gasteiger charge is 2.28. The maximum atomic E-state index is 12.3. The van der Waals surface area contributed by atoms with Gasteiger partial charge in [-0.1, -0.05) is 18.2 Å². The Hall–Kier alpha value is -2.77. The summed E-state index contributed by atoms with van der Waals surface area (Å²) in [7, 11) is 0. The Kier molecular flexibility index (Phi) is 4.78. The lowest BCUT2D eigenvalue weighted by molar-refractivity contribution is -0.154. The molecule has 0 saturated carbocycles. The molecule has 0 saturated heterocycles. The predicted octanol–water partition coefficient (Wildman–Crippen LogP) is 3.30. The van der Waals surface area contributed by atoms with E-state index in [0.717, 1.165) is 17.7 Å². The van der Waals surface area contributed by atoms with Gasteiger partial charge in [0.2, 0.25) is 5.88 Å². The number of nitrogens with zero attached hydrogens (tertiary/aromatic N) is 2. The van der Waals surface area contributed by atoms with Crippen LogP contribution in [0, 0.1) is 0 Å². The van der Waals surface area contributed by atoms with Crippen LogP contribution in [-0.2, 0) is 13.0 Å². The molecular formula is C17H16F3N3O2. The van der Waals surface area contributed by atoms with Gasteiger partial charge < -0.3 is 10.1 Å². The van der Waals surface area contributed by atoms with E-state index in [0.29, 0.717) is 12.1 Å². The van der Waals surface area contributed by atoms with Crippen LogP contribution < -0.4 is 15.0 Å². The second-order valence-electron chi connectivity index (χ2n) is 5.60. The van der Waals surface area contributed by atoms with Crippen LogP contribution in [0.3, 0.4) is 0 Å². The quantitative estimate of drug-likeness (QED) is 0.920. The number of alkyl halides is 3. The zero-order valence-electron chi connectivity index (χ0n) is 13.2. The first kappa shape index (κ1) is 17.1. The van der Waals surface area contributed by atoms with Crippen LogP contribution in [0.25, 0.3) is 0 Å². The number of anilines is 1. The Labute approximate surface area is 142 Å². The lowest BCUT2D eigenvalue weighted by Gasteiger charge is -2.18. The van der Waals surface area contributed by atoms with E-state index < -0.39 is 12.8 Å². The second-order valence-corrected chi connectivity index (χ2v) is 5.60. The number of hydrogen-bond donors (Lipinski definition) is 1. The Morgan fingerprint density at radius 3 is 2.88 bits per heavy atom. The van der Waals surface area contributed by atoms with Crippen molar-refractivity contribution < 1.29 is 22.7 Å². The van der Waals surface area contributed by atoms with E-state index in [1.165, 1.54) is 12.3 Å². The molecule has 1 aromatic heterocycles. The van der Waals surface area contributed by atoms with Crippen molar-refractivity contribution in [1.29, 1.82) is 0 Å². The topological polar surface area (TPSA) is 54.5 Å². The summed E-state index contributed by atoms with van der Waals surface area (Å²) in [4.78, 5) is 17.7. The molecule has 25 heavy (non-hydrogen) atoms. The van der Waals surface area contributed by atoms with E-state index in [4.69, 9.17) is 0 Å². The fourth-order valence-corrected chi connectivity index (χ4v) is 2.62. The Balaban J connectivity index is 1.58. The minimum absolute atomic E-state index is 0.129. The molecule has 2 aromatic rings. The van der Waals surface area contributed by atoms with Gasteiger partial charge in [-0.3, -0.25) is 4.90 Å². The summed E-state index contributed by atoms with van der Waals surface area (Å²) in [6.45, 7) is -0.635. The van der Waals surface area contributed by atoms with Crippen LogP contribution in [0.2, 0.25) is 0 Å². The van der Waals surface area contributed by atoms with Crippen molar-refractivity contribution in [3.63, 3.8) is 0 Å². The Morgan fingerprint density at radius 1 is 1.28 bits per heavy atom. The normalized spacial score (nSPS) is 13.5. The van der Waals surface area contributed by atoms with E-state index in [9.17, 15) is 18.0 Å². The molecule has 5 nitrogen and oxygen atoms in total. The maximum Gasteiger partial charge on any atom is 0.422 e. The average molecular weight is 351 g/mol. The first-order valence-corrected chi connectivity index (χ1v) is 7.70. The van der Waals surface area contributed by atoms with Crippen LogP contribution in [0.1, 0.15) is 11.1 Å². The van der Waals surface area contributed by atoms with Crippen LogP contribution in [0.15, 0.2) is 42.6 Å². The predicted molar refractivity (Wildman–Crippen MR) is 85.5 cm³/mol. The number of para-hydroxylation sites is 1. The van der Waals surface area contributed by atoms with Crippen molar-refractivity contribution >= 4 is 11.7 Å². The number of aromatic nitrogens is 1. The maximum absolute atomic E-state index is 12.3. The van der Waals surface area contributed by atoms with Crippen molar-refractivity contribution in [2.24, 2.45) is 0 Å². The molecule has 3 rings (SSSR count). The molecule has 1 aliphatic heterocycles. The number of benzene rings is 1. The van der Waals surface area contributed by atoms with E-state index >= 15 is 0 Å². The molecule has 0 radical (unpaired) electrons. The van der Waals surface area contributed by atoms with Gasteiger partial charge in [-0.15, -0.1) is 0 Å². The van der Waals surface area contributed by atoms with Crippen LogP contribution in [0.5, 0.6) is 5.88 Å². The number of urea groups is 1. The molecule has 0 fully saturated rings. The van der Waals surface area contributed by atoms with Gasteiger partial charge in [-0.2, -0.15) is 13.2 Å². The van der Waals surface area contributed by atoms with Crippen LogP contribution in [0.4, 0.5) is 23.7 Å². The molecule has 1 aliphatic rings. The molecule has 132 valence electrons. The van der Waals surface area contributed by atoms with Gasteiger partial charge in [0.15, 0.2) is 6.61 Å². The first-order chi connectivity index (χ1) is 11.9. The van der Waals surface area contributed by atoms with Crippen molar-refractivity contribution in [2.45, 2.75) is 19.1 Å². The Bertz CT molecular complexity index is 765. The summed E-state index contributed by atoms with van der Waals surface area (Å²) >= 11 is 0. The molecule has 8 heteroatoms. The number of carbonyl (C=O) groups is 1. The molecule has 0 spiro atoms. The highest BCUT2D eigenvalue weighted by molar-refractivity contribution is 5.94. The monoisotopic (exact) mass is 351 g/mol. The number of nitrogens with one attached hydrogen (secondary N) is 1. The third kappa shape index (κ3) is 4.40. The SMILES string of the molecule is O=C(NCc1ccnc(OCC(F)(F)F)c1)N1CCc2ccccc21. The van der Waals surface area contributed by atoms with Crippen molar-refractivity contribution in [3.05, 3.63) is 53.7 Å². The van der Waals surface area contributed by atoms with Gasteiger partial charge in [0.1, 0.15) is 0 Å². The average Bonchev–Trinajstić information content (AvgIpc) is 3.02. The molecule has 0 atom stereocenters. The summed E-state index contributed by atoms with van der Waals surface area (Å²) in [5.41, 5.74) is 2.60. The number of ether oxygens (including phenoxy) is 1. The molecule has 0 aliphatic carbocycles. The highest BCUT2D eigenvalue weighted by atomic mass is 19.4. The molecule has 2 heterocycles. The molecule has 2 amide bonds. The van der Waals surface area contributed by atoms with E-state index in [1.54, 1.807) is 11.0 Å². The zero-order valence-corrected chi connectivity index (χ0v) is 13.2. The fraction of sp³-hybridized carbons (Fsp3) is 0.294. The molecule has 0 unspecified atom stereocenters. The first-order valence-electron chi connectivity index (χ1n) is 7.70. The molecule has 0 bridgehead atoms. The lowest BCUT2D eigenvalue weighted by atomic mass is 10.2. The van der Waals surface area contributed by atoms with Gasteiger partial charge in [0, 0.05) is 31.0 Å². The number of carbonyl (C=O) groups excluding carboxylic acids is 1. The molecular weight excluding hydrogens is 335 g/mol. The minimum atomic E-state index is -4.42. The summed E-state index contributed by atoms with van der Waals surface area (Å²) in [6.07, 6.45) is -2.28. The summed E-state index contributed by atoms with van der Waals surface area (Å²) in [6, 6.07) is 10.4. The smallest absolute Gasteiger partial charge is 0.422 e. The standard InChI is InChI=1S/C17H16F3N3O2/c18-17(19,20)11-25-15-9-12(5-7-21-15)10-22-16(24)23-8-6-13-3-1-2-4-14(13)23/h1-5,7,9H,6,8,10-11H2,(H,22,24). The number of hydrogen-bond acceptors (Lipinski definition) is 3. The van der Waals surface area contributed by atoms with Gasteiger partial charge in [0.25, 0.3) is 0 Å². The highest BCUT2D eigenvalue weighted by Crippen LogP contribution is 2.27. The third-order valence-corrected chi connectivity index (χ3v) is 3.76. The van der Waals surface area contributed by atoms with Crippen molar-refractivity contribution in [1.82, 2.24) is 10.3 Å². The van der Waals surface area contributed by atoms with E-state index in [-0.39, 0.29) is 18.5 Å². The van der Waals surface area contributed by atoms with Crippen molar-refractivity contribution in [2.75, 3.05) is 18.1 Å². The van der Waals surface area contributed by atoms with E-state index in [1.807, 2.05) is 24.3 Å². The summed E-state index contributed by atoms with van der Waals surface area (Å²) in [5.74, 6) is -0.129. The number of fused-ring (bicyclic) bond motifs is 1. The fourth-order valence-electron chi connectivity index (χ4n) is 2.62. The molecule has 1 aromatic carbocycles. The van der Waals surface area contributed by atoms with Crippen molar-refractivity contribution in [3.8, 4) is 5.88 Å². The minimum Gasteiger partial charge on any atom is -0.468 e. The third-order valence-electron chi connectivity index (χ3n) is 3.76. The van der Waals surface area contributed by atoms with E-state index in [2.05, 4.69) is 15.0 Å². The largest absolute Gasteiger partial charge is 0.468 e. The number of amides is 2. The molecule has 1 N–H and O–H groups in total. The van der Waals surface area contributed by atoms with Gasteiger partial charge in [-0.25, -0.2) is 9.78 Å². The number of pyridine rings is 1. The van der Waals surface area contributed by atoms with Crippen LogP contribution in [-0.4, -0.2) is 30.3 Å². The van der Waals surface area contributed by atoms with Gasteiger partial charge in [-0.05, 0) is 29.7 Å². The Morgan fingerprint density at radius 2 is 2.08 bits per heavy atom. The van der Waals surface area contributed by atoms with Gasteiger partial charge >= 0.3 is 12.2 Å². The number of rotatable bonds is 4. The number of halogens is 3. The van der Waals surface area contributed by atoms with Gasteiger partial charge in [0.05, 0.1) is 0 Å². The zero-order chi connectivity index (χ0) is 17.9. The summed E-state index contributed by atoms with van der Waals surface area (Å²) in [5, 5.41) is 2.76. The van der Waals surface area contributed by atoms with Crippen LogP contribution >= 0.6 is 0 Å². The second kappa shape index (κ2) is 7.00.